The Hall–Kier alpha value is -1.99. The summed E-state index contributed by atoms with van der Waals surface area (Å²) in [5.41, 5.74) is 0.0791. The highest BCUT2D eigenvalue weighted by atomic mass is 79.9. The van der Waals surface area contributed by atoms with Crippen molar-refractivity contribution >= 4 is 21.8 Å². The zero-order valence-corrected chi connectivity index (χ0v) is 12.5. The van der Waals surface area contributed by atoms with E-state index in [1.165, 1.54) is 31.1 Å². The van der Waals surface area contributed by atoms with Gasteiger partial charge in [-0.3, -0.25) is 14.4 Å². The summed E-state index contributed by atoms with van der Waals surface area (Å²) in [4.78, 5) is 28.5. The highest BCUT2D eigenvalue weighted by Gasteiger charge is 2.17. The first kappa shape index (κ1) is 14.4. The summed E-state index contributed by atoms with van der Waals surface area (Å²) in [5, 5.41) is 5.02. The van der Waals surface area contributed by atoms with Gasteiger partial charge in [0.1, 0.15) is 0 Å². The molecule has 0 bridgehead atoms. The lowest BCUT2D eigenvalue weighted by atomic mass is 10.3. The van der Waals surface area contributed by atoms with E-state index >= 15 is 0 Å². The molecule has 6 nitrogen and oxygen atoms in total. The molecule has 20 heavy (non-hydrogen) atoms. The zero-order chi connectivity index (χ0) is 14.7. The van der Waals surface area contributed by atoms with Gasteiger partial charge in [-0.1, -0.05) is 22.0 Å². The van der Waals surface area contributed by atoms with E-state index in [1.54, 1.807) is 0 Å². The Labute approximate surface area is 123 Å². The van der Waals surface area contributed by atoms with Crippen LogP contribution in [0.1, 0.15) is 10.5 Å². The van der Waals surface area contributed by atoms with Crippen molar-refractivity contribution in [1.29, 1.82) is 0 Å². The molecular weight excluding hydrogens is 326 g/mol. The maximum Gasteiger partial charge on any atom is 0.301 e. The number of rotatable bonds is 3. The number of carbonyl (C=O) groups is 1. The molecule has 1 heterocycles. The molecule has 0 unspecified atom stereocenters. The Morgan fingerprint density at radius 1 is 1.40 bits per heavy atom. The number of amides is 1. The number of hydrogen-bond acceptors (Lipinski definition) is 4. The van der Waals surface area contributed by atoms with Crippen LogP contribution in [-0.2, 0) is 4.84 Å². The standard InChI is InChI=1S/C13H12BrN3O3/c1-16(20-2)13(19)12-11(18)6-7-17(15-12)10-5-3-4-9(14)8-10/h3-8H,1-2H3. The van der Waals surface area contributed by atoms with Crippen molar-refractivity contribution < 1.29 is 9.63 Å². The van der Waals surface area contributed by atoms with Gasteiger partial charge in [0.2, 0.25) is 5.43 Å². The van der Waals surface area contributed by atoms with Crippen molar-refractivity contribution in [2.45, 2.75) is 0 Å². The van der Waals surface area contributed by atoms with Crippen LogP contribution in [0.25, 0.3) is 5.69 Å². The van der Waals surface area contributed by atoms with E-state index in [1.807, 2.05) is 24.3 Å². The van der Waals surface area contributed by atoms with Gasteiger partial charge in [-0.2, -0.15) is 5.10 Å². The minimum absolute atomic E-state index is 0.197. The van der Waals surface area contributed by atoms with Gasteiger partial charge >= 0.3 is 5.91 Å². The number of nitrogens with zero attached hydrogens (tertiary/aromatic N) is 3. The average Bonchev–Trinajstić information content (AvgIpc) is 2.46. The van der Waals surface area contributed by atoms with Gasteiger partial charge < -0.3 is 0 Å². The fourth-order valence-corrected chi connectivity index (χ4v) is 1.94. The van der Waals surface area contributed by atoms with Crippen molar-refractivity contribution in [2.75, 3.05) is 14.2 Å². The Morgan fingerprint density at radius 3 is 2.80 bits per heavy atom. The van der Waals surface area contributed by atoms with E-state index in [4.69, 9.17) is 4.84 Å². The quantitative estimate of drug-likeness (QED) is 0.798. The van der Waals surface area contributed by atoms with Gasteiger partial charge in [0, 0.05) is 23.8 Å². The molecule has 0 aliphatic rings. The number of hydroxylamine groups is 2. The highest BCUT2D eigenvalue weighted by Crippen LogP contribution is 2.14. The van der Waals surface area contributed by atoms with E-state index in [-0.39, 0.29) is 5.69 Å². The molecule has 7 heteroatoms. The largest absolute Gasteiger partial charge is 0.301 e. The first-order chi connectivity index (χ1) is 9.52. The number of hydrogen-bond donors (Lipinski definition) is 0. The van der Waals surface area contributed by atoms with Gasteiger partial charge in [-0.15, -0.1) is 0 Å². The van der Waals surface area contributed by atoms with Crippen molar-refractivity contribution in [1.82, 2.24) is 14.8 Å². The molecule has 1 aromatic heterocycles. The summed E-state index contributed by atoms with van der Waals surface area (Å²) >= 11 is 3.36. The molecule has 0 spiro atoms. The number of carbonyl (C=O) groups excluding carboxylic acids is 1. The molecule has 1 amide bonds. The van der Waals surface area contributed by atoms with E-state index < -0.39 is 11.3 Å². The van der Waals surface area contributed by atoms with Crippen LogP contribution in [0.5, 0.6) is 0 Å². The van der Waals surface area contributed by atoms with Gasteiger partial charge in [-0.25, -0.2) is 9.75 Å². The fraction of sp³-hybridized carbons (Fsp3) is 0.154. The van der Waals surface area contributed by atoms with E-state index in [2.05, 4.69) is 21.0 Å². The topological polar surface area (TPSA) is 64.4 Å². The maximum atomic E-state index is 12.0. The first-order valence-corrected chi connectivity index (χ1v) is 6.50. The fourth-order valence-electron chi connectivity index (χ4n) is 1.55. The number of aromatic nitrogens is 2. The van der Waals surface area contributed by atoms with Crippen molar-refractivity contribution in [3.05, 3.63) is 56.9 Å². The number of halogens is 1. The molecule has 0 saturated carbocycles. The molecule has 0 N–H and O–H groups in total. The van der Waals surface area contributed by atoms with Crippen molar-refractivity contribution in [3.8, 4) is 5.69 Å². The predicted molar refractivity (Wildman–Crippen MR) is 76.6 cm³/mol. The normalized spacial score (nSPS) is 10.3. The minimum Gasteiger partial charge on any atom is -0.287 e. The Morgan fingerprint density at radius 2 is 2.15 bits per heavy atom. The van der Waals surface area contributed by atoms with Crippen LogP contribution in [0.15, 0.2) is 45.8 Å². The van der Waals surface area contributed by atoms with Crippen LogP contribution >= 0.6 is 15.9 Å². The lowest BCUT2D eigenvalue weighted by molar-refractivity contribution is -0.0762. The third-order valence-corrected chi connectivity index (χ3v) is 3.14. The summed E-state index contributed by atoms with van der Waals surface area (Å²) in [6.07, 6.45) is 1.51. The second-order valence-electron chi connectivity index (χ2n) is 3.94. The van der Waals surface area contributed by atoms with Crippen LogP contribution in [0.2, 0.25) is 0 Å². The minimum atomic E-state index is -0.596. The third-order valence-electron chi connectivity index (χ3n) is 2.64. The second-order valence-corrected chi connectivity index (χ2v) is 4.85. The molecule has 0 fully saturated rings. The molecule has 0 aliphatic heterocycles. The Balaban J connectivity index is 2.49. The molecule has 0 aliphatic carbocycles. The SMILES string of the molecule is CON(C)C(=O)c1nn(-c2cccc(Br)c2)ccc1=O. The van der Waals surface area contributed by atoms with E-state index in [9.17, 15) is 9.59 Å². The molecule has 2 aromatic rings. The Bertz CT molecular complexity index is 699. The monoisotopic (exact) mass is 337 g/mol. The molecule has 1 aromatic carbocycles. The van der Waals surface area contributed by atoms with Crippen LogP contribution in [-0.4, -0.2) is 34.9 Å². The summed E-state index contributed by atoms with van der Waals surface area (Å²) in [5.74, 6) is -0.596. The molecular formula is C13H12BrN3O3. The van der Waals surface area contributed by atoms with E-state index in [0.717, 1.165) is 15.2 Å². The summed E-state index contributed by atoms with van der Waals surface area (Å²) in [6, 6.07) is 8.64. The zero-order valence-electron chi connectivity index (χ0n) is 10.9. The summed E-state index contributed by atoms with van der Waals surface area (Å²) in [6.45, 7) is 0. The second kappa shape index (κ2) is 5.98. The summed E-state index contributed by atoms with van der Waals surface area (Å²) in [7, 11) is 2.76. The van der Waals surface area contributed by atoms with Crippen LogP contribution < -0.4 is 5.43 Å². The number of benzene rings is 1. The molecule has 0 atom stereocenters. The highest BCUT2D eigenvalue weighted by molar-refractivity contribution is 9.10. The smallest absolute Gasteiger partial charge is 0.287 e. The maximum absolute atomic E-state index is 12.0. The average molecular weight is 338 g/mol. The predicted octanol–water partition coefficient (Wildman–Crippen LogP) is 1.63. The third kappa shape index (κ3) is 2.94. The first-order valence-electron chi connectivity index (χ1n) is 5.71. The van der Waals surface area contributed by atoms with Crippen molar-refractivity contribution in [3.63, 3.8) is 0 Å². The molecule has 104 valence electrons. The lowest BCUT2D eigenvalue weighted by Crippen LogP contribution is -2.32. The van der Waals surface area contributed by atoms with Crippen LogP contribution in [0, 0.1) is 0 Å². The van der Waals surface area contributed by atoms with Gasteiger partial charge in [0.25, 0.3) is 0 Å². The molecule has 0 saturated heterocycles. The lowest BCUT2D eigenvalue weighted by Gasteiger charge is -2.13. The van der Waals surface area contributed by atoms with Gasteiger partial charge in [0.15, 0.2) is 5.69 Å². The van der Waals surface area contributed by atoms with E-state index in [0.29, 0.717) is 0 Å². The van der Waals surface area contributed by atoms with Crippen LogP contribution in [0.3, 0.4) is 0 Å². The molecule has 2 rings (SSSR count). The van der Waals surface area contributed by atoms with Gasteiger partial charge in [0.05, 0.1) is 12.8 Å². The molecule has 0 radical (unpaired) electrons. The van der Waals surface area contributed by atoms with Crippen molar-refractivity contribution in [2.24, 2.45) is 0 Å². The Kier molecular flexibility index (Phi) is 4.31. The van der Waals surface area contributed by atoms with Crippen LogP contribution in [0.4, 0.5) is 0 Å². The van der Waals surface area contributed by atoms with Gasteiger partial charge in [-0.05, 0) is 18.2 Å². The summed E-state index contributed by atoms with van der Waals surface area (Å²) < 4.78 is 2.33.